The number of carbonyl (C=O) groups is 1. The number of hydrogen-bond donors (Lipinski definition) is 1. The molecular formula is C13H18N2O7S. The van der Waals surface area contributed by atoms with Crippen molar-refractivity contribution in [3.63, 3.8) is 0 Å². The highest BCUT2D eigenvalue weighted by molar-refractivity contribution is 7.89. The number of nitro groups is 1. The molecule has 0 aliphatic heterocycles. The second kappa shape index (κ2) is 7.99. The minimum Gasteiger partial charge on any atom is -0.468 e. The van der Waals surface area contributed by atoms with Gasteiger partial charge in [-0.2, -0.15) is 4.31 Å². The van der Waals surface area contributed by atoms with E-state index in [2.05, 4.69) is 4.74 Å². The van der Waals surface area contributed by atoms with Crippen LogP contribution < -0.4 is 0 Å². The number of aliphatic hydroxyl groups is 1. The Morgan fingerprint density at radius 2 is 1.96 bits per heavy atom. The first-order valence-electron chi connectivity index (χ1n) is 6.71. The molecule has 0 spiro atoms. The topological polar surface area (TPSA) is 127 Å². The maximum atomic E-state index is 12.6. The highest BCUT2D eigenvalue weighted by Gasteiger charge is 2.29. The Hall–Kier alpha value is -2.04. The molecule has 0 fully saturated rings. The van der Waals surface area contributed by atoms with Gasteiger partial charge in [0, 0.05) is 18.7 Å². The second-order valence-electron chi connectivity index (χ2n) is 4.69. The number of ether oxygens (including phenoxy) is 1. The van der Waals surface area contributed by atoms with Crippen LogP contribution in [0.5, 0.6) is 0 Å². The molecule has 1 aromatic carbocycles. The molecule has 0 saturated carbocycles. The third kappa shape index (κ3) is 4.98. The van der Waals surface area contributed by atoms with Crippen LogP contribution in [0.25, 0.3) is 0 Å². The zero-order valence-electron chi connectivity index (χ0n) is 12.7. The number of rotatable bonds is 8. The fourth-order valence-electron chi connectivity index (χ4n) is 1.71. The molecule has 0 bridgehead atoms. The lowest BCUT2D eigenvalue weighted by Gasteiger charge is -2.23. The van der Waals surface area contributed by atoms with Gasteiger partial charge in [-0.05, 0) is 18.6 Å². The van der Waals surface area contributed by atoms with Gasteiger partial charge in [-0.25, -0.2) is 8.42 Å². The first kappa shape index (κ1) is 19.0. The number of hydrogen-bond acceptors (Lipinski definition) is 7. The molecule has 1 rings (SSSR count). The van der Waals surface area contributed by atoms with Crippen LogP contribution in [0.3, 0.4) is 0 Å². The number of benzene rings is 1. The Kier molecular flexibility index (Phi) is 6.61. The molecule has 0 radical (unpaired) electrons. The van der Waals surface area contributed by atoms with E-state index in [1.54, 1.807) is 6.92 Å². The van der Waals surface area contributed by atoms with Crippen LogP contribution in [-0.4, -0.2) is 55.0 Å². The van der Waals surface area contributed by atoms with Crippen LogP contribution in [0.1, 0.15) is 13.3 Å². The molecular weight excluding hydrogens is 328 g/mol. The number of methoxy groups -OCH3 is 1. The minimum atomic E-state index is -4.10. The number of esters is 1. The molecule has 128 valence electrons. The fourth-order valence-corrected chi connectivity index (χ4v) is 3.13. The summed E-state index contributed by atoms with van der Waals surface area (Å²) >= 11 is 0. The summed E-state index contributed by atoms with van der Waals surface area (Å²) in [5.41, 5.74) is -0.253. The van der Waals surface area contributed by atoms with Crippen molar-refractivity contribution < 1.29 is 28.0 Å². The van der Waals surface area contributed by atoms with Gasteiger partial charge >= 0.3 is 5.97 Å². The third-order valence-electron chi connectivity index (χ3n) is 3.10. The number of nitro benzene ring substituents is 1. The molecule has 0 aromatic heterocycles. The molecule has 0 saturated heterocycles. The Balaban J connectivity index is 3.14. The highest BCUT2D eigenvalue weighted by Crippen LogP contribution is 2.20. The number of carbonyl (C=O) groups excluding carboxylic acids is 1. The van der Waals surface area contributed by atoms with E-state index >= 15 is 0 Å². The zero-order valence-corrected chi connectivity index (χ0v) is 13.5. The van der Waals surface area contributed by atoms with Crippen molar-refractivity contribution in [2.75, 3.05) is 20.2 Å². The standard InChI is InChI=1S/C13H18N2O7S/c1-3-11(16)8-14(9-13(17)22-2)23(20,21)12-6-4-10(5-7-12)15(18)19/h4-7,11,16H,3,8-9H2,1-2H3. The summed E-state index contributed by atoms with van der Waals surface area (Å²) in [7, 11) is -2.98. The lowest BCUT2D eigenvalue weighted by Crippen LogP contribution is -2.41. The molecule has 0 amide bonds. The van der Waals surface area contributed by atoms with Gasteiger partial charge in [0.2, 0.25) is 10.0 Å². The number of non-ortho nitro benzene ring substituents is 1. The van der Waals surface area contributed by atoms with Crippen LogP contribution in [0.2, 0.25) is 0 Å². The van der Waals surface area contributed by atoms with Crippen molar-refractivity contribution in [2.24, 2.45) is 0 Å². The van der Waals surface area contributed by atoms with Crippen molar-refractivity contribution in [2.45, 2.75) is 24.3 Å². The van der Waals surface area contributed by atoms with Gasteiger partial charge in [0.1, 0.15) is 6.54 Å². The van der Waals surface area contributed by atoms with E-state index in [-0.39, 0.29) is 17.1 Å². The molecule has 10 heteroatoms. The SMILES string of the molecule is CCC(O)CN(CC(=O)OC)S(=O)(=O)c1ccc([N+](=O)[O-])cc1. The Labute approximate surface area is 133 Å². The van der Waals surface area contributed by atoms with Gasteiger partial charge in [0.05, 0.1) is 23.0 Å². The predicted octanol–water partition coefficient (Wildman–Crippen LogP) is 0.529. The third-order valence-corrected chi connectivity index (χ3v) is 4.93. The molecule has 1 aromatic rings. The van der Waals surface area contributed by atoms with Crippen LogP contribution in [-0.2, 0) is 19.6 Å². The lowest BCUT2D eigenvalue weighted by atomic mass is 10.3. The maximum absolute atomic E-state index is 12.6. The van der Waals surface area contributed by atoms with Gasteiger partial charge in [-0.1, -0.05) is 6.92 Å². The summed E-state index contributed by atoms with van der Waals surface area (Å²) in [6.07, 6.45) is -0.652. The number of sulfonamides is 1. The Morgan fingerprint density at radius 1 is 1.39 bits per heavy atom. The van der Waals surface area contributed by atoms with E-state index in [1.807, 2.05) is 0 Å². The van der Waals surface area contributed by atoms with Gasteiger partial charge in [-0.3, -0.25) is 14.9 Å². The quantitative estimate of drug-likeness (QED) is 0.413. The summed E-state index contributed by atoms with van der Waals surface area (Å²) in [5.74, 6) is -0.779. The largest absolute Gasteiger partial charge is 0.468 e. The molecule has 1 N–H and O–H groups in total. The average Bonchev–Trinajstić information content (AvgIpc) is 2.53. The van der Waals surface area contributed by atoms with Crippen LogP contribution in [0.4, 0.5) is 5.69 Å². The molecule has 0 aliphatic carbocycles. The van der Waals surface area contributed by atoms with Crippen molar-refractivity contribution in [1.29, 1.82) is 0 Å². The Morgan fingerprint density at radius 3 is 2.39 bits per heavy atom. The highest BCUT2D eigenvalue weighted by atomic mass is 32.2. The van der Waals surface area contributed by atoms with Crippen molar-refractivity contribution in [3.8, 4) is 0 Å². The number of aliphatic hydroxyl groups excluding tert-OH is 1. The second-order valence-corrected chi connectivity index (χ2v) is 6.62. The van der Waals surface area contributed by atoms with Crippen molar-refractivity contribution >= 4 is 21.7 Å². The summed E-state index contributed by atoms with van der Waals surface area (Å²) in [6, 6.07) is 4.27. The van der Waals surface area contributed by atoms with Crippen LogP contribution >= 0.6 is 0 Å². The smallest absolute Gasteiger partial charge is 0.321 e. The summed E-state index contributed by atoms with van der Waals surface area (Å²) in [6.45, 7) is 0.817. The fraction of sp³-hybridized carbons (Fsp3) is 0.462. The van der Waals surface area contributed by atoms with Gasteiger partial charge in [-0.15, -0.1) is 0 Å². The Bertz CT molecular complexity index is 657. The van der Waals surface area contributed by atoms with Gasteiger partial charge in [0.15, 0.2) is 0 Å². The normalized spacial score (nSPS) is 12.9. The van der Waals surface area contributed by atoms with Crippen LogP contribution in [0, 0.1) is 10.1 Å². The van der Waals surface area contributed by atoms with E-state index in [0.29, 0.717) is 6.42 Å². The molecule has 23 heavy (non-hydrogen) atoms. The van der Waals surface area contributed by atoms with E-state index in [0.717, 1.165) is 35.7 Å². The van der Waals surface area contributed by atoms with Gasteiger partial charge < -0.3 is 9.84 Å². The van der Waals surface area contributed by atoms with Crippen molar-refractivity contribution in [3.05, 3.63) is 34.4 Å². The lowest BCUT2D eigenvalue weighted by molar-refractivity contribution is -0.384. The summed E-state index contributed by atoms with van der Waals surface area (Å²) in [5, 5.41) is 20.3. The molecule has 1 atom stereocenters. The predicted molar refractivity (Wildman–Crippen MR) is 80.2 cm³/mol. The summed E-state index contributed by atoms with van der Waals surface area (Å²) < 4.78 is 30.4. The average molecular weight is 346 g/mol. The zero-order chi connectivity index (χ0) is 17.6. The molecule has 0 heterocycles. The van der Waals surface area contributed by atoms with Gasteiger partial charge in [0.25, 0.3) is 5.69 Å². The monoisotopic (exact) mass is 346 g/mol. The van der Waals surface area contributed by atoms with Crippen LogP contribution in [0.15, 0.2) is 29.2 Å². The molecule has 9 nitrogen and oxygen atoms in total. The molecule has 0 aliphatic rings. The maximum Gasteiger partial charge on any atom is 0.321 e. The minimum absolute atomic E-state index is 0.213. The van der Waals surface area contributed by atoms with E-state index in [9.17, 15) is 28.4 Å². The first-order valence-corrected chi connectivity index (χ1v) is 8.15. The summed E-state index contributed by atoms with van der Waals surface area (Å²) in [4.78, 5) is 21.2. The van der Waals surface area contributed by atoms with E-state index < -0.39 is 33.6 Å². The van der Waals surface area contributed by atoms with Crippen molar-refractivity contribution in [1.82, 2.24) is 4.31 Å². The molecule has 1 unspecified atom stereocenters. The van der Waals surface area contributed by atoms with E-state index in [4.69, 9.17) is 0 Å². The number of nitrogens with zero attached hydrogens (tertiary/aromatic N) is 2. The first-order chi connectivity index (χ1) is 10.7. The van der Waals surface area contributed by atoms with E-state index in [1.165, 1.54) is 0 Å².